The fourth-order valence-corrected chi connectivity index (χ4v) is 3.66. The summed E-state index contributed by atoms with van der Waals surface area (Å²) in [7, 11) is -3.57. The van der Waals surface area contributed by atoms with E-state index >= 15 is 0 Å². The molecule has 0 unspecified atom stereocenters. The van der Waals surface area contributed by atoms with E-state index in [0.29, 0.717) is 16.5 Å². The Morgan fingerprint density at radius 3 is 2.26 bits per heavy atom. The maximum absolute atomic E-state index is 12.3. The topological polar surface area (TPSA) is 84.5 Å². The van der Waals surface area contributed by atoms with Crippen LogP contribution in [-0.2, 0) is 14.8 Å². The van der Waals surface area contributed by atoms with Crippen molar-refractivity contribution in [2.75, 3.05) is 5.32 Å². The van der Waals surface area contributed by atoms with Gasteiger partial charge in [-0.25, -0.2) is 13.1 Å². The fourth-order valence-electron chi connectivity index (χ4n) is 2.29. The van der Waals surface area contributed by atoms with Crippen molar-refractivity contribution >= 4 is 33.2 Å². The van der Waals surface area contributed by atoms with Crippen LogP contribution in [0.25, 0.3) is 0 Å². The summed E-state index contributed by atoms with van der Waals surface area (Å²) in [5, 5.41) is 3.33. The second-order valence-corrected chi connectivity index (χ2v) is 8.58. The SMILES string of the molecule is Cc1cc(O[C@@H](C)C(=O)Nc2ccc(S(=O)(=O)NC(C)C)cc2)ccc1Cl. The summed E-state index contributed by atoms with van der Waals surface area (Å²) in [6.07, 6.45) is -0.739. The van der Waals surface area contributed by atoms with Crippen LogP contribution in [0, 0.1) is 6.92 Å². The molecule has 0 radical (unpaired) electrons. The van der Waals surface area contributed by atoms with Crippen molar-refractivity contribution in [3.63, 3.8) is 0 Å². The number of ether oxygens (including phenoxy) is 1. The lowest BCUT2D eigenvalue weighted by Crippen LogP contribution is -2.31. The van der Waals surface area contributed by atoms with Gasteiger partial charge in [0.05, 0.1) is 4.90 Å². The maximum Gasteiger partial charge on any atom is 0.265 e. The lowest BCUT2D eigenvalue weighted by Gasteiger charge is -2.16. The molecule has 2 aromatic rings. The number of carbonyl (C=O) groups is 1. The van der Waals surface area contributed by atoms with Crippen LogP contribution >= 0.6 is 11.6 Å². The van der Waals surface area contributed by atoms with Crippen LogP contribution in [0.3, 0.4) is 0 Å². The average molecular weight is 411 g/mol. The molecule has 2 aromatic carbocycles. The Balaban J connectivity index is 2.01. The van der Waals surface area contributed by atoms with E-state index < -0.39 is 16.1 Å². The largest absolute Gasteiger partial charge is 0.481 e. The normalized spacial score (nSPS) is 12.7. The summed E-state index contributed by atoms with van der Waals surface area (Å²) in [4.78, 5) is 12.4. The minimum Gasteiger partial charge on any atom is -0.481 e. The first-order valence-electron chi connectivity index (χ1n) is 8.44. The van der Waals surface area contributed by atoms with Gasteiger partial charge < -0.3 is 10.1 Å². The van der Waals surface area contributed by atoms with E-state index in [0.717, 1.165) is 5.56 Å². The molecule has 1 amide bonds. The zero-order valence-electron chi connectivity index (χ0n) is 15.6. The Kier molecular flexibility index (Phi) is 6.86. The quantitative estimate of drug-likeness (QED) is 0.728. The fraction of sp³-hybridized carbons (Fsp3) is 0.316. The van der Waals surface area contributed by atoms with Gasteiger partial charge >= 0.3 is 0 Å². The number of anilines is 1. The summed E-state index contributed by atoms with van der Waals surface area (Å²) in [6.45, 7) is 6.97. The highest BCUT2D eigenvalue weighted by molar-refractivity contribution is 7.89. The van der Waals surface area contributed by atoms with Crippen LogP contribution < -0.4 is 14.8 Å². The number of benzene rings is 2. The number of sulfonamides is 1. The van der Waals surface area contributed by atoms with Crippen molar-refractivity contribution in [3.05, 3.63) is 53.1 Å². The highest BCUT2D eigenvalue weighted by Crippen LogP contribution is 2.22. The van der Waals surface area contributed by atoms with Crippen molar-refractivity contribution in [2.24, 2.45) is 0 Å². The van der Waals surface area contributed by atoms with E-state index in [9.17, 15) is 13.2 Å². The Bertz CT molecular complexity index is 912. The molecule has 2 rings (SSSR count). The molecular weight excluding hydrogens is 388 g/mol. The van der Waals surface area contributed by atoms with E-state index in [1.54, 1.807) is 39.0 Å². The number of hydrogen-bond acceptors (Lipinski definition) is 4. The molecule has 8 heteroatoms. The van der Waals surface area contributed by atoms with Crippen molar-refractivity contribution in [1.29, 1.82) is 0 Å². The summed E-state index contributed by atoms with van der Waals surface area (Å²) in [5.41, 5.74) is 1.33. The van der Waals surface area contributed by atoms with Crippen molar-refractivity contribution in [3.8, 4) is 5.75 Å². The molecule has 27 heavy (non-hydrogen) atoms. The van der Waals surface area contributed by atoms with Crippen LogP contribution in [0.1, 0.15) is 26.3 Å². The summed E-state index contributed by atoms with van der Waals surface area (Å²) >= 11 is 5.98. The number of nitrogens with one attached hydrogen (secondary N) is 2. The molecule has 6 nitrogen and oxygen atoms in total. The predicted molar refractivity (Wildman–Crippen MR) is 107 cm³/mol. The van der Waals surface area contributed by atoms with Gasteiger partial charge in [-0.2, -0.15) is 0 Å². The molecule has 0 spiro atoms. The molecule has 0 saturated carbocycles. The van der Waals surface area contributed by atoms with Gasteiger partial charge in [0.2, 0.25) is 10.0 Å². The van der Waals surface area contributed by atoms with E-state index in [2.05, 4.69) is 10.0 Å². The molecule has 0 aliphatic heterocycles. The first-order valence-corrected chi connectivity index (χ1v) is 10.3. The molecule has 0 saturated heterocycles. The van der Waals surface area contributed by atoms with Gasteiger partial charge in [0.1, 0.15) is 5.75 Å². The van der Waals surface area contributed by atoms with Gasteiger partial charge in [0.25, 0.3) is 5.91 Å². The highest BCUT2D eigenvalue weighted by atomic mass is 35.5. The standard InChI is InChI=1S/C19H23ClN2O4S/c1-12(2)22-27(24,25)17-8-5-15(6-9-17)21-19(23)14(4)26-16-7-10-18(20)13(3)11-16/h5-12,14,22H,1-4H3,(H,21,23)/t14-/m0/s1. The van der Waals surface area contributed by atoms with E-state index in [1.807, 2.05) is 6.92 Å². The number of hydrogen-bond donors (Lipinski definition) is 2. The van der Waals surface area contributed by atoms with Gasteiger partial charge in [-0.1, -0.05) is 11.6 Å². The summed E-state index contributed by atoms with van der Waals surface area (Å²) in [6, 6.07) is 10.9. The molecule has 0 aliphatic rings. The maximum atomic E-state index is 12.3. The predicted octanol–water partition coefficient (Wildman–Crippen LogP) is 3.74. The van der Waals surface area contributed by atoms with Crippen LogP contribution in [0.5, 0.6) is 5.75 Å². The van der Waals surface area contributed by atoms with Gasteiger partial charge in [-0.05, 0) is 75.7 Å². The van der Waals surface area contributed by atoms with Gasteiger partial charge in [0, 0.05) is 16.8 Å². The minimum absolute atomic E-state index is 0.134. The minimum atomic E-state index is -3.57. The molecule has 2 N–H and O–H groups in total. The van der Waals surface area contributed by atoms with Crippen LogP contribution in [0.2, 0.25) is 5.02 Å². The molecule has 146 valence electrons. The lowest BCUT2D eigenvalue weighted by atomic mass is 10.2. The summed E-state index contributed by atoms with van der Waals surface area (Å²) < 4.78 is 32.4. The molecule has 1 atom stereocenters. The van der Waals surface area contributed by atoms with E-state index in [4.69, 9.17) is 16.3 Å². The number of amides is 1. The smallest absolute Gasteiger partial charge is 0.265 e. The third-order valence-corrected chi connectivity index (χ3v) is 5.73. The van der Waals surface area contributed by atoms with Crippen molar-refractivity contribution < 1.29 is 17.9 Å². The third kappa shape index (κ3) is 5.95. The molecule has 0 aliphatic carbocycles. The van der Waals surface area contributed by atoms with Crippen LogP contribution in [0.4, 0.5) is 5.69 Å². The second kappa shape index (κ2) is 8.73. The summed E-state index contributed by atoms with van der Waals surface area (Å²) in [5.74, 6) is 0.194. The zero-order valence-corrected chi connectivity index (χ0v) is 17.2. The number of halogens is 1. The van der Waals surface area contributed by atoms with Crippen molar-refractivity contribution in [1.82, 2.24) is 4.72 Å². The van der Waals surface area contributed by atoms with E-state index in [-0.39, 0.29) is 16.8 Å². The Morgan fingerprint density at radius 1 is 1.07 bits per heavy atom. The van der Waals surface area contributed by atoms with Gasteiger partial charge in [-0.15, -0.1) is 0 Å². The lowest BCUT2D eigenvalue weighted by molar-refractivity contribution is -0.122. The molecule has 0 heterocycles. The van der Waals surface area contributed by atoms with Crippen LogP contribution in [-0.4, -0.2) is 26.5 Å². The zero-order chi connectivity index (χ0) is 20.2. The molecule has 0 fully saturated rings. The monoisotopic (exact) mass is 410 g/mol. The van der Waals surface area contributed by atoms with Gasteiger partial charge in [-0.3, -0.25) is 4.79 Å². The highest BCUT2D eigenvalue weighted by Gasteiger charge is 2.17. The molecule has 0 aromatic heterocycles. The number of rotatable bonds is 7. The Labute approximate surface area is 164 Å². The third-order valence-electron chi connectivity index (χ3n) is 3.63. The molecular formula is C19H23ClN2O4S. The second-order valence-electron chi connectivity index (χ2n) is 6.46. The average Bonchev–Trinajstić information content (AvgIpc) is 2.57. The Hall–Kier alpha value is -2.09. The Morgan fingerprint density at radius 2 is 1.70 bits per heavy atom. The number of carbonyl (C=O) groups excluding carboxylic acids is 1. The van der Waals surface area contributed by atoms with E-state index in [1.165, 1.54) is 24.3 Å². The van der Waals surface area contributed by atoms with Gasteiger partial charge in [0.15, 0.2) is 6.10 Å². The number of aryl methyl sites for hydroxylation is 1. The van der Waals surface area contributed by atoms with Crippen LogP contribution in [0.15, 0.2) is 47.4 Å². The molecule has 0 bridgehead atoms. The first-order chi connectivity index (χ1) is 12.6. The van der Waals surface area contributed by atoms with Crippen molar-refractivity contribution in [2.45, 2.75) is 44.7 Å². The first kappa shape index (κ1) is 21.2.